The van der Waals surface area contributed by atoms with Crippen LogP contribution in [0.15, 0.2) is 47.5 Å². The van der Waals surface area contributed by atoms with Crippen LogP contribution in [0.25, 0.3) is 0 Å². The fourth-order valence-corrected chi connectivity index (χ4v) is 6.23. The zero-order chi connectivity index (χ0) is 22.6. The molecule has 0 radical (unpaired) electrons. The number of sulfonamides is 1. The summed E-state index contributed by atoms with van der Waals surface area (Å²) >= 11 is 0. The van der Waals surface area contributed by atoms with E-state index in [2.05, 4.69) is 10.3 Å². The number of nitrogens with one attached hydrogen (secondary N) is 1. The van der Waals surface area contributed by atoms with Gasteiger partial charge in [-0.05, 0) is 55.9 Å². The molecule has 2 aromatic rings. The second-order valence-corrected chi connectivity index (χ2v) is 10.6. The first-order valence-corrected chi connectivity index (χ1v) is 12.9. The molecule has 2 aliphatic rings. The van der Waals surface area contributed by atoms with E-state index in [4.69, 9.17) is 0 Å². The van der Waals surface area contributed by atoms with E-state index in [9.17, 15) is 13.2 Å². The minimum Gasteiger partial charge on any atom is -0.355 e. The lowest BCUT2D eigenvalue weighted by Gasteiger charge is -2.34. The smallest absolute Gasteiger partial charge is 0.246 e. The van der Waals surface area contributed by atoms with Crippen LogP contribution in [-0.4, -0.2) is 49.8 Å². The number of aryl methyl sites for hydroxylation is 1. The molecular weight excluding hydrogens is 424 g/mol. The van der Waals surface area contributed by atoms with Crippen LogP contribution in [0.5, 0.6) is 0 Å². The number of carbonyl (C=O) groups excluding carboxylic acids is 1. The lowest BCUT2D eigenvalue weighted by atomic mass is 9.95. The lowest BCUT2D eigenvalue weighted by Crippen LogP contribution is -2.42. The predicted molar refractivity (Wildman–Crippen MR) is 125 cm³/mol. The average molecular weight is 457 g/mol. The van der Waals surface area contributed by atoms with E-state index >= 15 is 0 Å². The fourth-order valence-electron chi connectivity index (χ4n) is 4.55. The molecule has 2 aliphatic heterocycles. The van der Waals surface area contributed by atoms with E-state index in [1.807, 2.05) is 36.1 Å². The standard InChI is InChI=1S/C24H32N4O3S/c1-19-8-3-4-9-21(19)18-26-24(29)20-11-16-27(17-12-20)23-22(10-7-13-25-23)32(30,31)28-14-5-2-6-15-28/h3-4,7-10,13,20H,2,5-6,11-12,14-18H2,1H3,(H,26,29). The first kappa shape index (κ1) is 22.7. The van der Waals surface area contributed by atoms with Crippen molar-refractivity contribution in [3.05, 3.63) is 53.7 Å². The second-order valence-electron chi connectivity index (χ2n) is 8.70. The zero-order valence-corrected chi connectivity index (χ0v) is 19.5. The third-order valence-electron chi connectivity index (χ3n) is 6.56. The first-order valence-electron chi connectivity index (χ1n) is 11.5. The minimum atomic E-state index is -3.57. The monoisotopic (exact) mass is 456 g/mol. The fraction of sp³-hybridized carbons (Fsp3) is 0.500. The summed E-state index contributed by atoms with van der Waals surface area (Å²) in [5.41, 5.74) is 2.29. The van der Waals surface area contributed by atoms with Gasteiger partial charge in [0.05, 0.1) is 0 Å². The third kappa shape index (κ3) is 4.96. The van der Waals surface area contributed by atoms with Crippen LogP contribution in [0.4, 0.5) is 5.82 Å². The quantitative estimate of drug-likeness (QED) is 0.722. The van der Waals surface area contributed by atoms with Crippen molar-refractivity contribution < 1.29 is 13.2 Å². The molecule has 1 aromatic carbocycles. The van der Waals surface area contributed by atoms with Gasteiger partial charge in [0.25, 0.3) is 0 Å². The van der Waals surface area contributed by atoms with Gasteiger partial charge in [-0.2, -0.15) is 4.31 Å². The number of piperidine rings is 2. The maximum atomic E-state index is 13.3. The van der Waals surface area contributed by atoms with E-state index in [0.717, 1.165) is 24.8 Å². The molecule has 8 heteroatoms. The van der Waals surface area contributed by atoms with Crippen molar-refractivity contribution in [2.75, 3.05) is 31.1 Å². The first-order chi connectivity index (χ1) is 15.5. The summed E-state index contributed by atoms with van der Waals surface area (Å²) in [6, 6.07) is 11.4. The Balaban J connectivity index is 1.39. The van der Waals surface area contributed by atoms with Gasteiger partial charge in [-0.25, -0.2) is 13.4 Å². The van der Waals surface area contributed by atoms with Gasteiger partial charge in [0.15, 0.2) is 0 Å². The van der Waals surface area contributed by atoms with Crippen molar-refractivity contribution in [3.63, 3.8) is 0 Å². The Morgan fingerprint density at radius 3 is 2.47 bits per heavy atom. The van der Waals surface area contributed by atoms with Crippen molar-refractivity contribution in [1.29, 1.82) is 0 Å². The van der Waals surface area contributed by atoms with Crippen LogP contribution in [0.3, 0.4) is 0 Å². The van der Waals surface area contributed by atoms with Gasteiger partial charge in [-0.3, -0.25) is 4.79 Å². The van der Waals surface area contributed by atoms with Crippen LogP contribution in [-0.2, 0) is 21.4 Å². The number of benzene rings is 1. The Hall–Kier alpha value is -2.45. The Morgan fingerprint density at radius 1 is 1.03 bits per heavy atom. The maximum Gasteiger partial charge on any atom is 0.246 e. The number of hydrogen-bond donors (Lipinski definition) is 1. The Kier molecular flexibility index (Phi) is 7.10. The molecule has 0 spiro atoms. The Bertz CT molecular complexity index is 1040. The van der Waals surface area contributed by atoms with Gasteiger partial charge >= 0.3 is 0 Å². The topological polar surface area (TPSA) is 82.6 Å². The highest BCUT2D eigenvalue weighted by Gasteiger charge is 2.32. The van der Waals surface area contributed by atoms with Crippen molar-refractivity contribution in [2.45, 2.75) is 50.5 Å². The summed E-state index contributed by atoms with van der Waals surface area (Å²) in [7, 11) is -3.57. The number of nitrogens with zero attached hydrogens (tertiary/aromatic N) is 3. The van der Waals surface area contributed by atoms with Crippen LogP contribution in [0, 0.1) is 12.8 Å². The van der Waals surface area contributed by atoms with E-state index < -0.39 is 10.0 Å². The molecule has 4 rings (SSSR count). The summed E-state index contributed by atoms with van der Waals surface area (Å²) in [5, 5.41) is 3.07. The number of hydrogen-bond acceptors (Lipinski definition) is 5. The number of amides is 1. The largest absolute Gasteiger partial charge is 0.355 e. The highest BCUT2D eigenvalue weighted by molar-refractivity contribution is 7.89. The molecule has 1 aromatic heterocycles. The van der Waals surface area contributed by atoms with Crippen molar-refractivity contribution >= 4 is 21.7 Å². The molecule has 2 fully saturated rings. The summed E-state index contributed by atoms with van der Waals surface area (Å²) < 4.78 is 28.1. The zero-order valence-electron chi connectivity index (χ0n) is 18.7. The lowest BCUT2D eigenvalue weighted by molar-refractivity contribution is -0.125. The van der Waals surface area contributed by atoms with Gasteiger partial charge < -0.3 is 10.2 Å². The number of rotatable bonds is 6. The molecule has 2 saturated heterocycles. The molecule has 0 saturated carbocycles. The molecule has 1 amide bonds. The molecule has 172 valence electrons. The highest BCUT2D eigenvalue weighted by Crippen LogP contribution is 2.30. The SMILES string of the molecule is Cc1ccccc1CNC(=O)C1CCN(c2ncccc2S(=O)(=O)N2CCCCC2)CC1. The van der Waals surface area contributed by atoms with Crippen molar-refractivity contribution in [2.24, 2.45) is 5.92 Å². The van der Waals surface area contributed by atoms with Crippen LogP contribution < -0.4 is 10.2 Å². The molecule has 1 N–H and O–H groups in total. The van der Waals surface area contributed by atoms with Crippen LogP contribution in [0.1, 0.15) is 43.2 Å². The van der Waals surface area contributed by atoms with Gasteiger partial charge in [0, 0.05) is 44.8 Å². The number of carbonyl (C=O) groups is 1. The average Bonchev–Trinajstić information content (AvgIpc) is 2.84. The molecule has 3 heterocycles. The summed E-state index contributed by atoms with van der Waals surface area (Å²) in [4.78, 5) is 19.4. The molecule has 0 unspecified atom stereocenters. The number of aromatic nitrogens is 1. The van der Waals surface area contributed by atoms with E-state index in [0.29, 0.717) is 51.4 Å². The van der Waals surface area contributed by atoms with Crippen LogP contribution >= 0.6 is 0 Å². The second kappa shape index (κ2) is 10.0. The van der Waals surface area contributed by atoms with E-state index in [1.54, 1.807) is 22.6 Å². The minimum absolute atomic E-state index is 0.0649. The molecule has 7 nitrogen and oxygen atoms in total. The maximum absolute atomic E-state index is 13.3. The Morgan fingerprint density at radius 2 is 1.75 bits per heavy atom. The normalized spacial score (nSPS) is 18.5. The van der Waals surface area contributed by atoms with E-state index in [1.165, 1.54) is 5.56 Å². The van der Waals surface area contributed by atoms with Crippen molar-refractivity contribution in [1.82, 2.24) is 14.6 Å². The number of pyridine rings is 1. The van der Waals surface area contributed by atoms with Crippen molar-refractivity contribution in [3.8, 4) is 0 Å². The molecule has 0 atom stereocenters. The van der Waals surface area contributed by atoms with Gasteiger partial charge in [-0.15, -0.1) is 0 Å². The van der Waals surface area contributed by atoms with Gasteiger partial charge in [0.1, 0.15) is 10.7 Å². The summed E-state index contributed by atoms with van der Waals surface area (Å²) in [5.74, 6) is 0.507. The van der Waals surface area contributed by atoms with Crippen LogP contribution in [0.2, 0.25) is 0 Å². The number of anilines is 1. The molecule has 0 aliphatic carbocycles. The summed E-state index contributed by atoms with van der Waals surface area (Å²) in [6.07, 6.45) is 5.88. The molecular formula is C24H32N4O3S. The Labute approximate surface area is 190 Å². The van der Waals surface area contributed by atoms with Gasteiger partial charge in [-0.1, -0.05) is 30.7 Å². The van der Waals surface area contributed by atoms with E-state index in [-0.39, 0.29) is 16.7 Å². The molecule has 0 bridgehead atoms. The van der Waals surface area contributed by atoms with Gasteiger partial charge in [0.2, 0.25) is 15.9 Å². The highest BCUT2D eigenvalue weighted by atomic mass is 32.2. The molecule has 32 heavy (non-hydrogen) atoms. The summed E-state index contributed by atoms with van der Waals surface area (Å²) in [6.45, 7) is 4.94. The third-order valence-corrected chi connectivity index (χ3v) is 8.48. The predicted octanol–water partition coefficient (Wildman–Crippen LogP) is 3.10.